The summed E-state index contributed by atoms with van der Waals surface area (Å²) in [5.41, 5.74) is 1.76. The maximum absolute atomic E-state index is 15.4. The molecule has 0 spiro atoms. The molecule has 0 bridgehead atoms. The fourth-order valence-electron chi connectivity index (χ4n) is 7.03. The van der Waals surface area contributed by atoms with E-state index in [0.29, 0.717) is 72.9 Å². The lowest BCUT2D eigenvalue weighted by Crippen LogP contribution is -2.59. The topological polar surface area (TPSA) is 115 Å². The number of para-hydroxylation sites is 1. The van der Waals surface area contributed by atoms with Crippen LogP contribution in [0.25, 0.3) is 11.0 Å². The first-order valence-corrected chi connectivity index (χ1v) is 16.0. The molecule has 3 aliphatic heterocycles. The molecule has 0 amide bonds. The summed E-state index contributed by atoms with van der Waals surface area (Å²) in [6.07, 6.45) is 3.10. The molecule has 2 saturated heterocycles. The molecule has 2 aromatic heterocycles. The van der Waals surface area contributed by atoms with E-state index in [1.54, 1.807) is 24.4 Å². The van der Waals surface area contributed by atoms with Gasteiger partial charge in [-0.05, 0) is 49.2 Å². The molecule has 11 nitrogen and oxygen atoms in total. The first-order valence-electron chi connectivity index (χ1n) is 15.6. The molecule has 47 heavy (non-hydrogen) atoms. The van der Waals surface area contributed by atoms with Gasteiger partial charge in [-0.3, -0.25) is 9.88 Å². The molecule has 0 N–H and O–H groups in total. The van der Waals surface area contributed by atoms with Crippen molar-refractivity contribution in [1.29, 1.82) is 5.26 Å². The predicted octanol–water partition coefficient (Wildman–Crippen LogP) is 5.05. The van der Waals surface area contributed by atoms with Gasteiger partial charge in [0.25, 0.3) is 5.79 Å². The maximum atomic E-state index is 15.4. The van der Waals surface area contributed by atoms with Gasteiger partial charge < -0.3 is 28.4 Å². The summed E-state index contributed by atoms with van der Waals surface area (Å²) < 4.78 is 41.0. The van der Waals surface area contributed by atoms with Crippen LogP contribution in [0.4, 0.5) is 10.1 Å². The lowest BCUT2D eigenvalue weighted by Gasteiger charge is -2.44. The van der Waals surface area contributed by atoms with Crippen LogP contribution in [0.3, 0.4) is 0 Å². The number of ether oxygens (including phenoxy) is 4. The molecule has 242 valence electrons. The molecular formula is C34H32ClFN6O5. The third kappa shape index (κ3) is 5.04. The number of methoxy groups -OCH3 is 1. The maximum Gasteiger partial charge on any atom is 0.338 e. The second-order valence-electron chi connectivity index (χ2n) is 12.8. The lowest BCUT2D eigenvalue weighted by molar-refractivity contribution is -0.0716. The van der Waals surface area contributed by atoms with Gasteiger partial charge in [0.15, 0.2) is 17.3 Å². The summed E-state index contributed by atoms with van der Waals surface area (Å²) in [7, 11) is 1.26. The van der Waals surface area contributed by atoms with Crippen LogP contribution >= 0.6 is 11.6 Å². The van der Waals surface area contributed by atoms with Crippen molar-refractivity contribution in [3.63, 3.8) is 0 Å². The Morgan fingerprint density at radius 1 is 1.17 bits per heavy atom. The van der Waals surface area contributed by atoms with Gasteiger partial charge in [0.2, 0.25) is 0 Å². The first-order chi connectivity index (χ1) is 22.7. The SMILES string of the molecule is COC(=O)c1cc(F)c2nc(CN3CCN(c4cccc5c4OC(C)(c4ccc(Cl)cn4)O5)[C@H]4COC[C@H]43)n(CC3(C#N)CC3)c2c1. The van der Waals surface area contributed by atoms with E-state index >= 15 is 4.39 Å². The molecule has 1 saturated carbocycles. The van der Waals surface area contributed by atoms with Crippen molar-refractivity contribution < 1.29 is 28.1 Å². The summed E-state index contributed by atoms with van der Waals surface area (Å²) in [6.45, 7) is 5.02. The average molecular weight is 659 g/mol. The fraction of sp³-hybridized carbons (Fsp3) is 0.412. The minimum absolute atomic E-state index is 0.00809. The lowest BCUT2D eigenvalue weighted by atomic mass is 10.0. The number of anilines is 1. The van der Waals surface area contributed by atoms with E-state index in [1.165, 1.54) is 7.11 Å². The van der Waals surface area contributed by atoms with E-state index in [9.17, 15) is 10.1 Å². The van der Waals surface area contributed by atoms with Gasteiger partial charge in [0, 0.05) is 32.8 Å². The quantitative estimate of drug-likeness (QED) is 0.250. The second-order valence-corrected chi connectivity index (χ2v) is 13.2. The van der Waals surface area contributed by atoms with Gasteiger partial charge in [0.05, 0.1) is 72.2 Å². The van der Waals surface area contributed by atoms with Crippen molar-refractivity contribution in [2.45, 2.75) is 50.7 Å². The largest absolute Gasteiger partial charge is 0.465 e. The number of imidazole rings is 1. The number of hydrogen-bond acceptors (Lipinski definition) is 10. The molecule has 4 aromatic rings. The summed E-state index contributed by atoms with van der Waals surface area (Å²) in [4.78, 5) is 26.2. The molecule has 3 fully saturated rings. The van der Waals surface area contributed by atoms with Gasteiger partial charge >= 0.3 is 5.97 Å². The zero-order valence-corrected chi connectivity index (χ0v) is 26.7. The zero-order chi connectivity index (χ0) is 32.5. The normalized spacial score (nSPS) is 24.3. The van der Waals surface area contributed by atoms with E-state index in [0.717, 1.165) is 24.6 Å². The number of nitrogens with zero attached hydrogens (tertiary/aromatic N) is 6. The van der Waals surface area contributed by atoms with Crippen LogP contribution in [-0.4, -0.2) is 70.9 Å². The number of aromatic nitrogens is 3. The zero-order valence-electron chi connectivity index (χ0n) is 25.9. The minimum atomic E-state index is -1.11. The average Bonchev–Trinajstić information content (AvgIpc) is 3.34. The standard InChI is InChI=1S/C34H32ClFN6O5/c1-33(28-7-6-21(35)14-38-28)46-27-5-3-4-23(31(27)47-33)41-11-10-40(25-16-45-17-26(25)41)15-29-39-30-22(36)12-20(32(43)44-2)13-24(30)42(29)19-34(18-37)8-9-34/h3-7,12-14,25-26H,8-11,15-17,19H2,1-2H3/t25-,26+,33?/m1/s1. The van der Waals surface area contributed by atoms with E-state index in [4.69, 9.17) is 35.5 Å². The monoisotopic (exact) mass is 658 g/mol. The van der Waals surface area contributed by atoms with E-state index < -0.39 is 23.0 Å². The van der Waals surface area contributed by atoms with Crippen molar-refractivity contribution in [3.8, 4) is 17.6 Å². The van der Waals surface area contributed by atoms with Crippen LogP contribution in [0.2, 0.25) is 5.02 Å². The number of esters is 1. The number of benzene rings is 2. The molecule has 5 heterocycles. The molecular weight excluding hydrogens is 627 g/mol. The summed E-state index contributed by atoms with van der Waals surface area (Å²) >= 11 is 6.07. The predicted molar refractivity (Wildman–Crippen MR) is 169 cm³/mol. The van der Waals surface area contributed by atoms with Crippen LogP contribution in [-0.2, 0) is 28.4 Å². The Kier molecular flexibility index (Phi) is 7.05. The number of carbonyl (C=O) groups excluding carboxylic acids is 1. The van der Waals surface area contributed by atoms with Crippen LogP contribution in [0.1, 0.15) is 41.6 Å². The minimum Gasteiger partial charge on any atom is -0.465 e. The molecule has 1 unspecified atom stereocenters. The number of piperazine rings is 1. The van der Waals surface area contributed by atoms with Crippen molar-refractivity contribution in [2.24, 2.45) is 5.41 Å². The van der Waals surface area contributed by atoms with Crippen molar-refractivity contribution in [2.75, 3.05) is 38.3 Å². The number of halogens is 2. The first kappa shape index (κ1) is 29.9. The van der Waals surface area contributed by atoms with Crippen molar-refractivity contribution in [3.05, 3.63) is 76.6 Å². The van der Waals surface area contributed by atoms with Gasteiger partial charge in [-0.25, -0.2) is 14.2 Å². The summed E-state index contributed by atoms with van der Waals surface area (Å²) in [5.74, 6) is -0.414. The van der Waals surface area contributed by atoms with Crippen molar-refractivity contribution in [1.82, 2.24) is 19.4 Å². The molecule has 0 radical (unpaired) electrons. The third-order valence-electron chi connectivity index (χ3n) is 9.78. The number of fused-ring (bicyclic) bond motifs is 3. The fourth-order valence-corrected chi connectivity index (χ4v) is 7.14. The van der Waals surface area contributed by atoms with Crippen LogP contribution < -0.4 is 14.4 Å². The number of nitriles is 1. The Hall–Kier alpha value is -4.44. The number of pyridine rings is 1. The van der Waals surface area contributed by atoms with Gasteiger partial charge in [0.1, 0.15) is 17.0 Å². The molecule has 2 aromatic carbocycles. The highest BCUT2D eigenvalue weighted by Crippen LogP contribution is 2.50. The van der Waals surface area contributed by atoms with E-state index in [1.807, 2.05) is 29.7 Å². The van der Waals surface area contributed by atoms with Gasteiger partial charge in [-0.1, -0.05) is 17.7 Å². The second kappa shape index (κ2) is 11.1. The number of carbonyl (C=O) groups is 1. The van der Waals surface area contributed by atoms with Crippen LogP contribution in [0.15, 0.2) is 48.7 Å². The highest BCUT2D eigenvalue weighted by atomic mass is 35.5. The molecule has 1 aliphatic carbocycles. The Labute approximate surface area is 275 Å². The Bertz CT molecular complexity index is 1940. The Morgan fingerprint density at radius 2 is 2.00 bits per heavy atom. The van der Waals surface area contributed by atoms with Gasteiger partial charge in [-0.2, -0.15) is 5.26 Å². The number of hydrogen-bond donors (Lipinski definition) is 0. The molecule has 4 aliphatic rings. The molecule has 3 atom stereocenters. The number of rotatable bonds is 7. The van der Waals surface area contributed by atoms with Crippen LogP contribution in [0.5, 0.6) is 11.5 Å². The highest BCUT2D eigenvalue weighted by Gasteiger charge is 2.47. The Balaban J connectivity index is 1.09. The Morgan fingerprint density at radius 3 is 2.74 bits per heavy atom. The molecule has 8 rings (SSSR count). The molecule has 13 heteroatoms. The summed E-state index contributed by atoms with van der Waals surface area (Å²) in [5, 5.41) is 10.4. The highest BCUT2D eigenvalue weighted by molar-refractivity contribution is 6.30. The van der Waals surface area contributed by atoms with Gasteiger partial charge in [-0.15, -0.1) is 0 Å². The van der Waals surface area contributed by atoms with E-state index in [-0.39, 0.29) is 23.2 Å². The summed E-state index contributed by atoms with van der Waals surface area (Å²) in [6, 6.07) is 14.7. The van der Waals surface area contributed by atoms with E-state index in [2.05, 4.69) is 20.9 Å². The third-order valence-corrected chi connectivity index (χ3v) is 10.0. The van der Waals surface area contributed by atoms with Crippen molar-refractivity contribution >= 4 is 34.3 Å². The smallest absolute Gasteiger partial charge is 0.338 e. The van der Waals surface area contributed by atoms with Crippen LogP contribution in [0, 0.1) is 22.6 Å².